The van der Waals surface area contributed by atoms with E-state index in [1.165, 1.54) is 0 Å². The summed E-state index contributed by atoms with van der Waals surface area (Å²) in [5, 5.41) is 16.1. The Morgan fingerprint density at radius 1 is 1.03 bits per heavy atom. The Morgan fingerprint density at radius 2 is 1.70 bits per heavy atom. The van der Waals surface area contributed by atoms with Gasteiger partial charge in [-0.1, -0.05) is 0 Å². The second kappa shape index (κ2) is 9.81. The molecule has 3 aromatic rings. The van der Waals surface area contributed by atoms with Crippen molar-refractivity contribution in [3.8, 4) is 5.82 Å². The summed E-state index contributed by atoms with van der Waals surface area (Å²) in [6.45, 7) is 7.49. The Bertz CT molecular complexity index is 1120. The highest BCUT2D eigenvalue weighted by atomic mass is 16.5. The summed E-state index contributed by atoms with van der Waals surface area (Å²) in [5.41, 5.74) is 3.08. The zero-order valence-electron chi connectivity index (χ0n) is 19.1. The lowest BCUT2D eigenvalue weighted by Gasteiger charge is -2.31. The molecule has 1 fully saturated rings. The maximum absolute atomic E-state index is 12.7. The Kier molecular flexibility index (Phi) is 6.67. The van der Waals surface area contributed by atoms with Crippen molar-refractivity contribution in [1.29, 1.82) is 0 Å². The van der Waals surface area contributed by atoms with Gasteiger partial charge in [-0.2, -0.15) is 5.10 Å². The minimum atomic E-state index is -0.367. The highest BCUT2D eigenvalue weighted by Gasteiger charge is 2.26. The second-order valence-electron chi connectivity index (χ2n) is 8.14. The van der Waals surface area contributed by atoms with Crippen molar-refractivity contribution < 1.29 is 14.3 Å². The molecular weight excluding hydrogens is 420 g/mol. The number of carbonyl (C=O) groups is 2. The van der Waals surface area contributed by atoms with Crippen molar-refractivity contribution >= 4 is 23.4 Å². The zero-order valence-corrected chi connectivity index (χ0v) is 19.1. The number of rotatable bonds is 6. The number of ether oxygens (including phenoxy) is 1. The average Bonchev–Trinajstić information content (AvgIpc) is 3.17. The van der Waals surface area contributed by atoms with Gasteiger partial charge in [0.1, 0.15) is 0 Å². The molecule has 0 aliphatic carbocycles. The molecule has 1 saturated heterocycles. The molecule has 1 amide bonds. The van der Waals surface area contributed by atoms with E-state index in [9.17, 15) is 9.59 Å². The molecule has 1 aliphatic heterocycles. The Labute approximate surface area is 192 Å². The van der Waals surface area contributed by atoms with Gasteiger partial charge in [0.15, 0.2) is 11.6 Å². The number of aromatic nitrogens is 4. The quantitative estimate of drug-likeness (QED) is 0.577. The number of aryl methyl sites for hydroxylation is 2. The average molecular weight is 449 g/mol. The highest BCUT2D eigenvalue weighted by Crippen LogP contribution is 2.23. The molecule has 4 rings (SSSR count). The first-order chi connectivity index (χ1) is 15.9. The summed E-state index contributed by atoms with van der Waals surface area (Å²) < 4.78 is 6.76. The summed E-state index contributed by atoms with van der Waals surface area (Å²) in [5.74, 6) is 1.03. The molecule has 1 N–H and O–H groups in total. The number of amides is 1. The van der Waals surface area contributed by atoms with Gasteiger partial charge in [0.2, 0.25) is 5.91 Å². The van der Waals surface area contributed by atoms with Gasteiger partial charge in [-0.05, 0) is 76.1 Å². The molecule has 0 unspecified atom stereocenters. The third-order valence-electron chi connectivity index (χ3n) is 5.72. The van der Waals surface area contributed by atoms with Crippen LogP contribution in [-0.2, 0) is 9.53 Å². The van der Waals surface area contributed by atoms with E-state index < -0.39 is 0 Å². The van der Waals surface area contributed by atoms with Crippen molar-refractivity contribution in [2.45, 2.75) is 33.6 Å². The van der Waals surface area contributed by atoms with Gasteiger partial charge < -0.3 is 15.0 Å². The number of piperidine rings is 1. The predicted molar refractivity (Wildman–Crippen MR) is 125 cm³/mol. The molecule has 0 spiro atoms. The highest BCUT2D eigenvalue weighted by molar-refractivity contribution is 5.94. The number of benzene rings is 1. The number of hydrogen-bond acceptors (Lipinski definition) is 7. The molecule has 172 valence electrons. The largest absolute Gasteiger partial charge is 0.462 e. The lowest BCUT2D eigenvalue weighted by Crippen LogP contribution is -2.38. The van der Waals surface area contributed by atoms with E-state index in [2.05, 4.69) is 25.5 Å². The SMILES string of the molecule is CCOC(=O)c1ccc(NC(=O)C2CCN(c3ccc(-n4nc(C)cc4C)nn3)CC2)cc1. The molecule has 9 nitrogen and oxygen atoms in total. The van der Waals surface area contributed by atoms with Gasteiger partial charge >= 0.3 is 5.97 Å². The molecule has 0 atom stereocenters. The van der Waals surface area contributed by atoms with Crippen LogP contribution in [0.25, 0.3) is 5.82 Å². The maximum atomic E-state index is 12.7. The van der Waals surface area contributed by atoms with Crippen molar-refractivity contribution in [3.63, 3.8) is 0 Å². The standard InChI is InChI=1S/C24H28N6O3/c1-4-33-24(32)19-5-7-20(8-6-19)25-23(31)18-11-13-29(14-12-18)21-9-10-22(27-26-21)30-17(3)15-16(2)28-30/h5-10,15,18H,4,11-14H2,1-3H3,(H,25,31). The lowest BCUT2D eigenvalue weighted by molar-refractivity contribution is -0.120. The monoisotopic (exact) mass is 448 g/mol. The van der Waals surface area contributed by atoms with Crippen LogP contribution in [0.2, 0.25) is 0 Å². The third kappa shape index (κ3) is 5.19. The van der Waals surface area contributed by atoms with Gasteiger partial charge in [0.25, 0.3) is 0 Å². The van der Waals surface area contributed by atoms with Gasteiger partial charge in [0, 0.05) is 30.4 Å². The molecular formula is C24H28N6O3. The van der Waals surface area contributed by atoms with Crippen LogP contribution in [0, 0.1) is 19.8 Å². The number of hydrogen-bond donors (Lipinski definition) is 1. The molecule has 2 aromatic heterocycles. The van der Waals surface area contributed by atoms with Gasteiger partial charge in [-0.3, -0.25) is 4.79 Å². The van der Waals surface area contributed by atoms with Crippen molar-refractivity contribution in [2.24, 2.45) is 5.92 Å². The minimum absolute atomic E-state index is 0.00973. The van der Waals surface area contributed by atoms with Crippen molar-refractivity contribution in [3.05, 3.63) is 59.4 Å². The maximum Gasteiger partial charge on any atom is 0.338 e. The number of esters is 1. The topological polar surface area (TPSA) is 102 Å². The van der Waals surface area contributed by atoms with E-state index in [0.717, 1.165) is 43.1 Å². The third-order valence-corrected chi connectivity index (χ3v) is 5.72. The smallest absolute Gasteiger partial charge is 0.338 e. The van der Waals surface area contributed by atoms with Crippen LogP contribution in [-0.4, -0.2) is 51.6 Å². The van der Waals surface area contributed by atoms with Crippen LogP contribution in [0.4, 0.5) is 11.5 Å². The van der Waals surface area contributed by atoms with Crippen molar-refractivity contribution in [2.75, 3.05) is 29.9 Å². The van der Waals surface area contributed by atoms with Crippen LogP contribution >= 0.6 is 0 Å². The first-order valence-electron chi connectivity index (χ1n) is 11.1. The summed E-state index contributed by atoms with van der Waals surface area (Å²) in [4.78, 5) is 26.6. The number of anilines is 2. The van der Waals surface area contributed by atoms with Crippen LogP contribution in [0.1, 0.15) is 41.5 Å². The van der Waals surface area contributed by atoms with Crippen LogP contribution in [0.3, 0.4) is 0 Å². The second-order valence-corrected chi connectivity index (χ2v) is 8.14. The van der Waals surface area contributed by atoms with E-state index in [0.29, 0.717) is 23.7 Å². The molecule has 0 saturated carbocycles. The van der Waals surface area contributed by atoms with E-state index in [4.69, 9.17) is 4.74 Å². The lowest BCUT2D eigenvalue weighted by atomic mass is 9.95. The molecule has 33 heavy (non-hydrogen) atoms. The van der Waals surface area contributed by atoms with Gasteiger partial charge in [0.05, 0.1) is 17.9 Å². The van der Waals surface area contributed by atoms with E-state index >= 15 is 0 Å². The normalized spacial score (nSPS) is 14.2. The van der Waals surface area contributed by atoms with Gasteiger partial charge in [-0.15, -0.1) is 10.2 Å². The fourth-order valence-corrected chi connectivity index (χ4v) is 3.98. The molecule has 3 heterocycles. The van der Waals surface area contributed by atoms with Crippen molar-refractivity contribution in [1.82, 2.24) is 20.0 Å². The van der Waals surface area contributed by atoms with E-state index in [-0.39, 0.29) is 17.8 Å². The van der Waals surface area contributed by atoms with E-state index in [1.54, 1.807) is 35.9 Å². The fourth-order valence-electron chi connectivity index (χ4n) is 3.98. The molecule has 0 bridgehead atoms. The van der Waals surface area contributed by atoms with Gasteiger partial charge in [-0.25, -0.2) is 9.48 Å². The Hall–Kier alpha value is -3.75. The molecule has 0 radical (unpaired) electrons. The Morgan fingerprint density at radius 3 is 2.27 bits per heavy atom. The molecule has 9 heteroatoms. The number of carbonyl (C=O) groups excluding carboxylic acids is 2. The first-order valence-corrected chi connectivity index (χ1v) is 11.1. The zero-order chi connectivity index (χ0) is 23.4. The Balaban J connectivity index is 1.31. The fraction of sp³-hybridized carbons (Fsp3) is 0.375. The number of nitrogens with one attached hydrogen (secondary N) is 1. The van der Waals surface area contributed by atoms with E-state index in [1.807, 2.05) is 32.0 Å². The summed E-state index contributed by atoms with van der Waals surface area (Å²) in [6.07, 6.45) is 1.46. The van der Waals surface area contributed by atoms with Crippen LogP contribution < -0.4 is 10.2 Å². The minimum Gasteiger partial charge on any atom is -0.462 e. The van der Waals surface area contributed by atoms with Crippen LogP contribution in [0.15, 0.2) is 42.5 Å². The first kappa shape index (κ1) is 22.4. The summed E-state index contributed by atoms with van der Waals surface area (Å²) in [6, 6.07) is 12.6. The molecule has 1 aromatic carbocycles. The number of nitrogens with zero attached hydrogens (tertiary/aromatic N) is 5. The molecule has 1 aliphatic rings. The summed E-state index contributed by atoms with van der Waals surface area (Å²) in [7, 11) is 0. The van der Waals surface area contributed by atoms with Crippen LogP contribution in [0.5, 0.6) is 0 Å². The summed E-state index contributed by atoms with van der Waals surface area (Å²) >= 11 is 0. The predicted octanol–water partition coefficient (Wildman–Crippen LogP) is 3.31.